The van der Waals surface area contributed by atoms with Gasteiger partial charge in [0.05, 0.1) is 16.3 Å². The van der Waals surface area contributed by atoms with Gasteiger partial charge in [-0.2, -0.15) is 0 Å². The summed E-state index contributed by atoms with van der Waals surface area (Å²) >= 11 is 3.53. The predicted octanol–water partition coefficient (Wildman–Crippen LogP) is 3.15. The van der Waals surface area contributed by atoms with Crippen molar-refractivity contribution in [1.82, 2.24) is 19.8 Å². The molecule has 0 amide bonds. The van der Waals surface area contributed by atoms with Gasteiger partial charge in [-0.25, -0.2) is 9.97 Å². The van der Waals surface area contributed by atoms with Crippen LogP contribution in [-0.4, -0.2) is 59.5 Å². The minimum atomic E-state index is 0.392. The maximum atomic E-state index is 4.45. The number of rotatable bonds is 5. The van der Waals surface area contributed by atoms with Crippen LogP contribution in [0.25, 0.3) is 10.2 Å². The third-order valence-electron chi connectivity index (χ3n) is 4.56. The van der Waals surface area contributed by atoms with Gasteiger partial charge in [0.15, 0.2) is 0 Å². The molecule has 24 heavy (non-hydrogen) atoms. The fourth-order valence-electron chi connectivity index (χ4n) is 3.13. The lowest BCUT2D eigenvalue weighted by Gasteiger charge is -2.37. The molecule has 1 N–H and O–H groups in total. The van der Waals surface area contributed by atoms with E-state index in [0.29, 0.717) is 6.04 Å². The van der Waals surface area contributed by atoms with Crippen LogP contribution in [0.1, 0.15) is 10.9 Å². The maximum absolute atomic E-state index is 4.45. The number of anilines is 1. The molecule has 1 unspecified atom stereocenters. The molecule has 4 heterocycles. The number of likely N-dealkylation sites (N-methyl/N-ethyl adjacent to an activating group) is 1. The molecule has 0 aromatic carbocycles. The van der Waals surface area contributed by atoms with Gasteiger partial charge in [0, 0.05) is 37.6 Å². The van der Waals surface area contributed by atoms with E-state index in [4.69, 9.17) is 0 Å². The van der Waals surface area contributed by atoms with E-state index in [2.05, 4.69) is 55.0 Å². The second-order valence-electron chi connectivity index (χ2n) is 6.11. The number of thiophene rings is 2. The third kappa shape index (κ3) is 3.30. The number of aromatic nitrogens is 2. The number of nitrogens with zero attached hydrogens (tertiary/aromatic N) is 4. The number of hydrogen-bond donors (Lipinski definition) is 1. The Labute approximate surface area is 150 Å². The van der Waals surface area contributed by atoms with E-state index >= 15 is 0 Å². The summed E-state index contributed by atoms with van der Waals surface area (Å²) in [6.07, 6.45) is 1.65. The van der Waals surface area contributed by atoms with Crippen molar-refractivity contribution in [2.45, 2.75) is 6.04 Å². The van der Waals surface area contributed by atoms with Gasteiger partial charge in [-0.05, 0) is 29.9 Å². The van der Waals surface area contributed by atoms with Crippen LogP contribution in [0, 0.1) is 0 Å². The first-order valence-electron chi connectivity index (χ1n) is 8.19. The largest absolute Gasteiger partial charge is 0.367 e. The van der Waals surface area contributed by atoms with Crippen molar-refractivity contribution >= 4 is 38.7 Å². The molecular weight excluding hydrogens is 338 g/mol. The average molecular weight is 360 g/mol. The Morgan fingerprint density at radius 2 is 2.00 bits per heavy atom. The molecule has 3 aromatic rings. The van der Waals surface area contributed by atoms with Crippen LogP contribution in [0.2, 0.25) is 0 Å². The molecule has 0 radical (unpaired) electrons. The summed E-state index contributed by atoms with van der Waals surface area (Å²) in [7, 11) is 2.20. The van der Waals surface area contributed by atoms with E-state index in [-0.39, 0.29) is 0 Å². The van der Waals surface area contributed by atoms with Crippen molar-refractivity contribution in [3.63, 3.8) is 0 Å². The van der Waals surface area contributed by atoms with Crippen molar-refractivity contribution in [3.05, 3.63) is 40.2 Å². The fourth-order valence-corrected chi connectivity index (χ4v) is 4.80. The van der Waals surface area contributed by atoms with Crippen molar-refractivity contribution in [2.24, 2.45) is 0 Å². The second-order valence-corrected chi connectivity index (χ2v) is 8.00. The highest BCUT2D eigenvalue weighted by Gasteiger charge is 2.24. The first kappa shape index (κ1) is 16.0. The molecule has 7 heteroatoms. The molecule has 3 aromatic heterocycles. The molecule has 1 atom stereocenters. The van der Waals surface area contributed by atoms with Crippen molar-refractivity contribution in [3.8, 4) is 0 Å². The molecule has 1 aliphatic heterocycles. The zero-order valence-corrected chi connectivity index (χ0v) is 15.3. The van der Waals surface area contributed by atoms with Crippen LogP contribution in [0.4, 0.5) is 5.82 Å². The van der Waals surface area contributed by atoms with Gasteiger partial charge < -0.3 is 10.2 Å². The van der Waals surface area contributed by atoms with E-state index in [1.807, 2.05) is 17.4 Å². The Morgan fingerprint density at radius 3 is 2.79 bits per heavy atom. The van der Waals surface area contributed by atoms with Gasteiger partial charge in [0.2, 0.25) is 0 Å². The van der Waals surface area contributed by atoms with E-state index < -0.39 is 0 Å². The fraction of sp³-hybridized carbons (Fsp3) is 0.412. The van der Waals surface area contributed by atoms with Crippen molar-refractivity contribution < 1.29 is 0 Å². The van der Waals surface area contributed by atoms with Crippen LogP contribution in [0.5, 0.6) is 0 Å². The van der Waals surface area contributed by atoms with E-state index in [9.17, 15) is 0 Å². The van der Waals surface area contributed by atoms with E-state index in [1.165, 1.54) is 4.88 Å². The Kier molecular flexibility index (Phi) is 4.75. The van der Waals surface area contributed by atoms with Crippen LogP contribution < -0.4 is 5.32 Å². The SMILES string of the molecule is CN1CCN(C(CNc2ncnc3ccsc23)c2cccs2)CC1. The molecule has 1 saturated heterocycles. The number of nitrogens with one attached hydrogen (secondary N) is 1. The van der Waals surface area contributed by atoms with Crippen LogP contribution >= 0.6 is 22.7 Å². The quantitative estimate of drug-likeness (QED) is 0.758. The summed E-state index contributed by atoms with van der Waals surface area (Å²) in [4.78, 5) is 15.2. The highest BCUT2D eigenvalue weighted by molar-refractivity contribution is 7.17. The molecule has 4 rings (SSSR count). The summed E-state index contributed by atoms with van der Waals surface area (Å²) in [6.45, 7) is 5.35. The van der Waals surface area contributed by atoms with Gasteiger partial charge in [0.25, 0.3) is 0 Å². The molecule has 0 bridgehead atoms. The predicted molar refractivity (Wildman–Crippen MR) is 102 cm³/mol. The van der Waals surface area contributed by atoms with E-state index in [1.54, 1.807) is 17.7 Å². The lowest BCUT2D eigenvalue weighted by molar-refractivity contribution is 0.118. The number of piperazine rings is 1. The lowest BCUT2D eigenvalue weighted by Crippen LogP contribution is -2.47. The smallest absolute Gasteiger partial charge is 0.147 e. The zero-order valence-electron chi connectivity index (χ0n) is 13.7. The highest BCUT2D eigenvalue weighted by Crippen LogP contribution is 2.29. The molecular formula is C17H21N5S2. The monoisotopic (exact) mass is 359 g/mol. The molecule has 0 saturated carbocycles. The van der Waals surface area contributed by atoms with Crippen LogP contribution in [0.3, 0.4) is 0 Å². The molecule has 126 valence electrons. The van der Waals surface area contributed by atoms with Gasteiger partial charge in [-0.1, -0.05) is 6.07 Å². The normalized spacial score (nSPS) is 18.0. The number of hydrogen-bond acceptors (Lipinski definition) is 7. The molecule has 1 aliphatic rings. The summed E-state index contributed by atoms with van der Waals surface area (Å²) in [5, 5.41) is 7.82. The zero-order chi connectivity index (χ0) is 16.4. The Balaban J connectivity index is 1.53. The topological polar surface area (TPSA) is 44.3 Å². The molecule has 0 spiro atoms. The van der Waals surface area contributed by atoms with Gasteiger partial charge >= 0.3 is 0 Å². The average Bonchev–Trinajstić information content (AvgIpc) is 3.28. The summed E-state index contributed by atoms with van der Waals surface area (Å²) in [5.74, 6) is 0.950. The minimum absolute atomic E-state index is 0.392. The third-order valence-corrected chi connectivity index (χ3v) is 6.44. The standard InChI is InChI=1S/C17H21N5S2/c1-21-5-7-22(8-6-21)14(15-3-2-9-23-15)11-18-17-16-13(4-10-24-16)19-12-20-17/h2-4,9-10,12,14H,5-8,11H2,1H3,(H,18,19,20). The van der Waals surface area contributed by atoms with Gasteiger partial charge in [-0.15, -0.1) is 22.7 Å². The Bertz CT molecular complexity index is 777. The summed E-state index contributed by atoms with van der Waals surface area (Å²) < 4.78 is 1.14. The van der Waals surface area contributed by atoms with Crippen LogP contribution in [0.15, 0.2) is 35.3 Å². The minimum Gasteiger partial charge on any atom is -0.367 e. The van der Waals surface area contributed by atoms with Crippen LogP contribution in [-0.2, 0) is 0 Å². The lowest BCUT2D eigenvalue weighted by atomic mass is 10.1. The summed E-state index contributed by atoms with van der Waals surface area (Å²) in [5.41, 5.74) is 1.02. The Morgan fingerprint density at radius 1 is 1.12 bits per heavy atom. The van der Waals surface area contributed by atoms with Crippen molar-refractivity contribution in [2.75, 3.05) is 45.1 Å². The van der Waals surface area contributed by atoms with Gasteiger partial charge in [0.1, 0.15) is 12.1 Å². The van der Waals surface area contributed by atoms with Crippen molar-refractivity contribution in [1.29, 1.82) is 0 Å². The highest BCUT2D eigenvalue weighted by atomic mass is 32.1. The van der Waals surface area contributed by atoms with E-state index in [0.717, 1.165) is 48.8 Å². The Hall–Kier alpha value is -1.54. The molecule has 1 fully saturated rings. The van der Waals surface area contributed by atoms with Gasteiger partial charge in [-0.3, -0.25) is 4.90 Å². The second kappa shape index (κ2) is 7.14. The molecule has 0 aliphatic carbocycles. The first-order chi connectivity index (χ1) is 11.8. The number of fused-ring (bicyclic) bond motifs is 1. The first-order valence-corrected chi connectivity index (χ1v) is 9.95. The summed E-state index contributed by atoms with van der Waals surface area (Å²) in [6, 6.07) is 6.83. The molecule has 5 nitrogen and oxygen atoms in total. The maximum Gasteiger partial charge on any atom is 0.147 e.